The number of carbonyl (C=O) groups is 3. The summed E-state index contributed by atoms with van der Waals surface area (Å²) in [6.45, 7) is 0. The Bertz CT molecular complexity index is 1150. The van der Waals surface area contributed by atoms with Crippen LogP contribution in [-0.4, -0.2) is 76.3 Å². The molecule has 2 aliphatic heterocycles. The maximum atomic E-state index is 12.7. The molecule has 17 heteroatoms. The van der Waals surface area contributed by atoms with Crippen LogP contribution >= 0.6 is 46.5 Å². The Morgan fingerprint density at radius 1 is 1.50 bits per heavy atom. The van der Waals surface area contributed by atoms with Crippen LogP contribution in [-0.2, 0) is 20.1 Å². The summed E-state index contributed by atoms with van der Waals surface area (Å²) in [5.74, 6) is -2.05. The lowest BCUT2D eigenvalue weighted by Crippen LogP contribution is -2.71. The van der Waals surface area contributed by atoms with Gasteiger partial charge in [-0.1, -0.05) is 28.1 Å². The fourth-order valence-electron chi connectivity index (χ4n) is 3.03. The lowest BCUT2D eigenvalue weighted by atomic mass is 10.0. The van der Waals surface area contributed by atoms with Crippen molar-refractivity contribution in [1.29, 1.82) is 0 Å². The zero-order valence-corrected chi connectivity index (χ0v) is 18.9. The average molecular weight is 517 g/mol. The Balaban J connectivity index is 1.49. The lowest BCUT2D eigenvalue weighted by Gasteiger charge is -2.49. The number of aromatic amines is 1. The molecule has 32 heavy (non-hydrogen) atoms. The molecular weight excluding hydrogens is 504 g/mol. The highest BCUT2D eigenvalue weighted by Crippen LogP contribution is 2.44. The van der Waals surface area contributed by atoms with Gasteiger partial charge in [0, 0.05) is 16.4 Å². The number of halogens is 1. The number of amides is 2. The molecule has 0 bridgehead atoms. The largest absolute Gasteiger partial charge is 0.477 e. The second-order valence-electron chi connectivity index (χ2n) is 6.31. The summed E-state index contributed by atoms with van der Waals surface area (Å²) < 4.78 is 0.0453. The van der Waals surface area contributed by atoms with Crippen LogP contribution in [0.3, 0.4) is 0 Å². The van der Waals surface area contributed by atoms with E-state index in [1.54, 1.807) is 0 Å². The van der Waals surface area contributed by atoms with Crippen LogP contribution in [0.2, 0.25) is 4.34 Å². The van der Waals surface area contributed by atoms with Gasteiger partial charge in [-0.05, 0) is 0 Å². The predicted molar refractivity (Wildman–Crippen MR) is 117 cm³/mol. The number of thioether (sulfide) groups is 2. The molecule has 1 saturated heterocycles. The number of hydrogen-bond acceptors (Lipinski definition) is 12. The third-order valence-electron chi connectivity index (χ3n) is 4.42. The summed E-state index contributed by atoms with van der Waals surface area (Å²) in [5.41, 5.74) is 5.43. The highest BCUT2D eigenvalue weighted by atomic mass is 35.5. The number of aliphatic carboxylic acids is 1. The Morgan fingerprint density at radius 3 is 2.88 bits per heavy atom. The Kier molecular flexibility index (Phi) is 6.27. The molecule has 0 aliphatic carbocycles. The monoisotopic (exact) mass is 516 g/mol. The third-order valence-corrected chi connectivity index (χ3v) is 8.10. The van der Waals surface area contributed by atoms with Gasteiger partial charge in [0.1, 0.15) is 27.1 Å². The number of rotatable bonds is 7. The number of carbonyl (C=O) groups excluding carboxylic acids is 2. The summed E-state index contributed by atoms with van der Waals surface area (Å²) in [4.78, 5) is 42.7. The van der Waals surface area contributed by atoms with Gasteiger partial charge in [0.15, 0.2) is 10.8 Å². The summed E-state index contributed by atoms with van der Waals surface area (Å²) in [5, 5.41) is 33.9. The fourth-order valence-corrected chi connectivity index (χ4v) is 6.47. The molecule has 0 radical (unpaired) electrons. The molecule has 2 atom stereocenters. The molecule has 2 aromatic heterocycles. The van der Waals surface area contributed by atoms with Crippen LogP contribution in [0.25, 0.3) is 0 Å². The maximum Gasteiger partial charge on any atom is 0.353 e. The standard InChI is InChI=1S/C15H13ClN8O5S3/c16-10-6(20-15(17)32-10)7(22-29)11(25)19-8-12(26)24-9(14(27)28)5(3-31-13(8)24)30-2-4-1-18-23-21-4/h1,8,13,29H,2-3H2,(H2,17,20)(H,19,25)(H,27,28)(H,18,21,23)/b22-7-/t8-,13+/m1/s1. The van der Waals surface area contributed by atoms with Gasteiger partial charge in [-0.25, -0.2) is 9.78 Å². The van der Waals surface area contributed by atoms with Crippen LogP contribution < -0.4 is 11.1 Å². The molecule has 6 N–H and O–H groups in total. The number of thiazole rings is 1. The Morgan fingerprint density at radius 2 is 2.28 bits per heavy atom. The van der Waals surface area contributed by atoms with Gasteiger partial charge in [0.05, 0.1) is 11.9 Å². The van der Waals surface area contributed by atoms with Gasteiger partial charge in [0.25, 0.3) is 11.8 Å². The molecule has 0 saturated carbocycles. The fraction of sp³-hybridized carbons (Fsp3) is 0.267. The average Bonchev–Trinajstić information content (AvgIpc) is 3.39. The number of nitrogens with one attached hydrogen (secondary N) is 2. The van der Waals surface area contributed by atoms with E-state index in [1.807, 2.05) is 0 Å². The minimum atomic E-state index is -1.25. The number of carboxylic acid groups (broad SMARTS) is 1. The van der Waals surface area contributed by atoms with Crippen molar-refractivity contribution in [3.05, 3.63) is 32.5 Å². The van der Waals surface area contributed by atoms with Crippen molar-refractivity contribution < 1.29 is 24.7 Å². The zero-order chi connectivity index (χ0) is 23.0. The van der Waals surface area contributed by atoms with E-state index in [9.17, 15) is 24.7 Å². The first-order valence-electron chi connectivity index (χ1n) is 8.65. The zero-order valence-electron chi connectivity index (χ0n) is 15.7. The van der Waals surface area contributed by atoms with Crippen LogP contribution in [0.15, 0.2) is 22.0 Å². The first-order valence-corrected chi connectivity index (χ1v) is 11.9. The van der Waals surface area contributed by atoms with Gasteiger partial charge in [-0.3, -0.25) is 14.5 Å². The van der Waals surface area contributed by atoms with Gasteiger partial charge in [-0.2, -0.15) is 15.4 Å². The summed E-state index contributed by atoms with van der Waals surface area (Å²) in [6.07, 6.45) is 1.52. The number of nitrogen functional groups attached to an aromatic ring is 1. The van der Waals surface area contributed by atoms with E-state index in [-0.39, 0.29) is 20.9 Å². The molecule has 2 amide bonds. The summed E-state index contributed by atoms with van der Waals surface area (Å²) in [7, 11) is 0. The second-order valence-corrected chi connectivity index (χ2v) is 10.1. The quantitative estimate of drug-likeness (QED) is 0.147. The van der Waals surface area contributed by atoms with Crippen molar-refractivity contribution in [2.24, 2.45) is 5.16 Å². The molecule has 0 unspecified atom stereocenters. The third kappa shape index (κ3) is 4.01. The number of H-pyrrole nitrogens is 1. The van der Waals surface area contributed by atoms with Crippen LogP contribution in [0.1, 0.15) is 11.4 Å². The van der Waals surface area contributed by atoms with Crippen molar-refractivity contribution in [1.82, 2.24) is 30.6 Å². The van der Waals surface area contributed by atoms with Crippen molar-refractivity contribution >= 4 is 75.1 Å². The lowest BCUT2D eigenvalue weighted by molar-refractivity contribution is -0.150. The van der Waals surface area contributed by atoms with E-state index in [0.717, 1.165) is 16.2 Å². The highest BCUT2D eigenvalue weighted by Gasteiger charge is 2.54. The van der Waals surface area contributed by atoms with E-state index >= 15 is 0 Å². The van der Waals surface area contributed by atoms with E-state index in [4.69, 9.17) is 17.3 Å². The van der Waals surface area contributed by atoms with E-state index in [1.165, 1.54) is 29.7 Å². The van der Waals surface area contributed by atoms with Crippen LogP contribution in [0.5, 0.6) is 0 Å². The van der Waals surface area contributed by atoms with E-state index in [2.05, 4.69) is 30.9 Å². The number of fused-ring (bicyclic) bond motifs is 1. The van der Waals surface area contributed by atoms with Crippen molar-refractivity contribution in [3.8, 4) is 0 Å². The van der Waals surface area contributed by atoms with Gasteiger partial charge < -0.3 is 21.4 Å². The topological polar surface area (TPSA) is 200 Å². The molecular formula is C15H13ClN8O5S3. The molecule has 168 valence electrons. The van der Waals surface area contributed by atoms with Gasteiger partial charge >= 0.3 is 5.97 Å². The van der Waals surface area contributed by atoms with Crippen molar-refractivity contribution in [2.75, 3.05) is 11.5 Å². The predicted octanol–water partition coefficient (Wildman–Crippen LogP) is 0.305. The maximum absolute atomic E-state index is 12.7. The number of anilines is 1. The first kappa shape index (κ1) is 22.4. The van der Waals surface area contributed by atoms with E-state index < -0.39 is 34.9 Å². The van der Waals surface area contributed by atoms with Crippen molar-refractivity contribution in [2.45, 2.75) is 17.2 Å². The molecule has 13 nitrogen and oxygen atoms in total. The number of β-lactam (4-membered cyclic amide) rings is 1. The second kappa shape index (κ2) is 8.97. The van der Waals surface area contributed by atoms with Crippen molar-refractivity contribution in [3.63, 3.8) is 0 Å². The van der Waals surface area contributed by atoms with E-state index in [0.29, 0.717) is 22.1 Å². The smallest absolute Gasteiger partial charge is 0.353 e. The number of oxime groups is 1. The molecule has 1 fully saturated rings. The van der Waals surface area contributed by atoms with Gasteiger partial charge in [0.2, 0.25) is 0 Å². The molecule has 0 spiro atoms. The number of nitrogens with two attached hydrogens (primary N) is 1. The van der Waals surface area contributed by atoms with Crippen LogP contribution in [0, 0.1) is 0 Å². The molecule has 2 aromatic rings. The summed E-state index contributed by atoms with van der Waals surface area (Å²) in [6, 6.07) is -1.02. The Hall–Kier alpha value is -2.82. The number of aromatic nitrogens is 4. The number of carboxylic acids is 1. The minimum absolute atomic E-state index is 0.0453. The van der Waals surface area contributed by atoms with Gasteiger partial charge in [-0.15, -0.1) is 23.5 Å². The molecule has 4 heterocycles. The number of hydrogen-bond donors (Lipinski definition) is 5. The molecule has 4 rings (SSSR count). The number of nitrogens with zero attached hydrogens (tertiary/aromatic N) is 5. The highest BCUT2D eigenvalue weighted by molar-refractivity contribution is 8.05. The Labute approximate surface area is 196 Å². The first-order chi connectivity index (χ1) is 15.3. The molecule has 2 aliphatic rings. The normalized spacial score (nSPS) is 20.7. The SMILES string of the molecule is Nc1nc(/C(=N/O)C(=O)N[C@@H]2C(=O)N3C(C(=O)O)=C(SCc4cn[nH]n4)CS[C@@H]23)c(Cl)s1. The summed E-state index contributed by atoms with van der Waals surface area (Å²) >= 11 is 9.40. The van der Waals surface area contributed by atoms with Crippen LogP contribution in [0.4, 0.5) is 5.13 Å². The minimum Gasteiger partial charge on any atom is -0.477 e. The molecule has 0 aromatic carbocycles.